The van der Waals surface area contributed by atoms with Gasteiger partial charge in [-0.2, -0.15) is 0 Å². The maximum absolute atomic E-state index is 13.6. The monoisotopic (exact) mass is 714 g/mol. The van der Waals surface area contributed by atoms with Crippen LogP contribution in [0.1, 0.15) is 59.7 Å². The molecule has 10 nitrogen and oxygen atoms in total. The number of amides is 2. The van der Waals surface area contributed by atoms with E-state index in [2.05, 4.69) is 10.6 Å². The van der Waals surface area contributed by atoms with E-state index in [4.69, 9.17) is 14.2 Å². The number of esters is 3. The van der Waals surface area contributed by atoms with Gasteiger partial charge in [-0.3, -0.25) is 19.2 Å². The predicted molar refractivity (Wildman–Crippen MR) is 200 cm³/mol. The van der Waals surface area contributed by atoms with Gasteiger partial charge in [0.25, 0.3) is 5.91 Å². The van der Waals surface area contributed by atoms with E-state index in [1.54, 1.807) is 37.3 Å². The Bertz CT molecular complexity index is 2020. The topological polar surface area (TPSA) is 137 Å². The number of ether oxygens (including phenoxy) is 3. The van der Waals surface area contributed by atoms with E-state index < -0.39 is 36.0 Å². The molecule has 0 saturated heterocycles. The highest BCUT2D eigenvalue weighted by Gasteiger charge is 2.27. The smallest absolute Gasteiger partial charge is 0.328 e. The molecule has 2 N–H and O–H groups in total. The predicted octanol–water partition coefficient (Wildman–Crippen LogP) is 7.10. The molecule has 0 unspecified atom stereocenters. The van der Waals surface area contributed by atoms with Crippen molar-refractivity contribution in [3.8, 4) is 0 Å². The summed E-state index contributed by atoms with van der Waals surface area (Å²) in [6.07, 6.45) is -0.855. The quantitative estimate of drug-likeness (QED) is 0.0769. The summed E-state index contributed by atoms with van der Waals surface area (Å²) in [5.41, 5.74) is 2.89. The number of rotatable bonds is 17. The van der Waals surface area contributed by atoms with Crippen molar-refractivity contribution in [3.05, 3.63) is 150 Å². The van der Waals surface area contributed by atoms with Crippen LogP contribution >= 0.6 is 0 Å². The first-order valence-corrected chi connectivity index (χ1v) is 17.5. The van der Waals surface area contributed by atoms with Crippen LogP contribution in [0.2, 0.25) is 0 Å². The van der Waals surface area contributed by atoms with Gasteiger partial charge in [0.2, 0.25) is 5.91 Å². The Morgan fingerprint density at radius 2 is 1.26 bits per heavy atom. The molecule has 0 aliphatic heterocycles. The van der Waals surface area contributed by atoms with Crippen molar-refractivity contribution in [2.45, 2.75) is 64.4 Å². The van der Waals surface area contributed by atoms with E-state index >= 15 is 0 Å². The van der Waals surface area contributed by atoms with Crippen molar-refractivity contribution >= 4 is 46.2 Å². The third kappa shape index (κ3) is 12.2. The number of benzene rings is 5. The second-order valence-corrected chi connectivity index (χ2v) is 12.6. The van der Waals surface area contributed by atoms with E-state index in [0.29, 0.717) is 11.3 Å². The highest BCUT2D eigenvalue weighted by Crippen LogP contribution is 2.20. The fourth-order valence-corrected chi connectivity index (χ4v) is 5.65. The number of hydrogen-bond acceptors (Lipinski definition) is 8. The minimum atomic E-state index is -1.16. The van der Waals surface area contributed by atoms with Crippen molar-refractivity contribution in [1.29, 1.82) is 0 Å². The molecular formula is C43H42N2O8. The average molecular weight is 715 g/mol. The Morgan fingerprint density at radius 3 is 1.96 bits per heavy atom. The molecule has 0 aliphatic carbocycles. The van der Waals surface area contributed by atoms with E-state index in [1.807, 2.05) is 97.1 Å². The molecule has 10 heteroatoms. The molecule has 2 amide bonds. The van der Waals surface area contributed by atoms with E-state index in [-0.39, 0.29) is 56.8 Å². The van der Waals surface area contributed by atoms with Gasteiger partial charge in [-0.1, -0.05) is 109 Å². The Kier molecular flexibility index (Phi) is 13.9. The molecule has 5 aromatic rings. The van der Waals surface area contributed by atoms with Gasteiger partial charge in [0, 0.05) is 17.7 Å². The summed E-state index contributed by atoms with van der Waals surface area (Å²) in [5.74, 6) is -2.69. The summed E-state index contributed by atoms with van der Waals surface area (Å²) in [6.45, 7) is 1.80. The fraction of sp³-hybridized carbons (Fsp3) is 0.233. The van der Waals surface area contributed by atoms with Gasteiger partial charge >= 0.3 is 17.9 Å². The van der Waals surface area contributed by atoms with Gasteiger partial charge in [-0.25, -0.2) is 4.79 Å². The average Bonchev–Trinajstić information content (AvgIpc) is 3.16. The second-order valence-electron chi connectivity index (χ2n) is 12.6. The molecule has 0 aliphatic rings. The third-order valence-electron chi connectivity index (χ3n) is 8.37. The van der Waals surface area contributed by atoms with Crippen LogP contribution in [0, 0.1) is 0 Å². The number of anilines is 1. The summed E-state index contributed by atoms with van der Waals surface area (Å²) in [7, 11) is 0. The van der Waals surface area contributed by atoms with Crippen LogP contribution in [0.15, 0.2) is 127 Å². The van der Waals surface area contributed by atoms with Gasteiger partial charge in [0.05, 0.1) is 12.8 Å². The lowest BCUT2D eigenvalue weighted by molar-refractivity contribution is -0.152. The Hall–Kier alpha value is -6.29. The molecule has 5 rings (SSSR count). The van der Waals surface area contributed by atoms with Crippen LogP contribution < -0.4 is 10.6 Å². The summed E-state index contributed by atoms with van der Waals surface area (Å²) in [6, 6.07) is 37.2. The van der Waals surface area contributed by atoms with Crippen LogP contribution in [-0.2, 0) is 53.0 Å². The maximum Gasteiger partial charge on any atom is 0.328 e. The zero-order valence-corrected chi connectivity index (χ0v) is 29.5. The summed E-state index contributed by atoms with van der Waals surface area (Å²) >= 11 is 0. The molecule has 0 spiro atoms. The van der Waals surface area contributed by atoms with E-state index in [0.717, 1.165) is 21.9 Å². The van der Waals surface area contributed by atoms with Crippen molar-refractivity contribution < 1.29 is 38.2 Å². The SMILES string of the molecule is C[C@@H](CC(=O)Nc1ccc2ccccc2c1)OC(=O)[C@H](CCCC(=O)OCc1ccccc1)NC(=O)c1ccccc1CC(=O)OCc1ccccc1. The van der Waals surface area contributed by atoms with Gasteiger partial charge in [0.15, 0.2) is 0 Å². The molecule has 0 saturated carbocycles. The summed E-state index contributed by atoms with van der Waals surface area (Å²) < 4.78 is 16.4. The van der Waals surface area contributed by atoms with Crippen LogP contribution in [0.4, 0.5) is 5.69 Å². The lowest BCUT2D eigenvalue weighted by Gasteiger charge is -2.21. The third-order valence-corrected chi connectivity index (χ3v) is 8.37. The molecule has 272 valence electrons. The Labute approximate surface area is 308 Å². The van der Waals surface area contributed by atoms with Crippen LogP contribution in [0.5, 0.6) is 0 Å². The van der Waals surface area contributed by atoms with Crippen molar-refractivity contribution in [1.82, 2.24) is 5.32 Å². The number of carbonyl (C=O) groups is 5. The zero-order valence-electron chi connectivity index (χ0n) is 29.5. The lowest BCUT2D eigenvalue weighted by atomic mass is 10.0. The number of carbonyl (C=O) groups excluding carboxylic acids is 5. The first kappa shape index (κ1) is 38.0. The fourth-order valence-electron chi connectivity index (χ4n) is 5.65. The minimum Gasteiger partial charge on any atom is -0.461 e. The van der Waals surface area contributed by atoms with Crippen LogP contribution in [0.3, 0.4) is 0 Å². The molecule has 0 heterocycles. The Morgan fingerprint density at radius 1 is 0.660 bits per heavy atom. The van der Waals surface area contributed by atoms with Gasteiger partial charge in [-0.15, -0.1) is 0 Å². The van der Waals surface area contributed by atoms with Crippen molar-refractivity contribution in [2.24, 2.45) is 0 Å². The normalized spacial score (nSPS) is 11.9. The molecule has 0 bridgehead atoms. The first-order valence-electron chi connectivity index (χ1n) is 17.5. The molecule has 0 aromatic heterocycles. The van der Waals surface area contributed by atoms with E-state index in [1.165, 1.54) is 0 Å². The number of fused-ring (bicyclic) bond motifs is 1. The van der Waals surface area contributed by atoms with Gasteiger partial charge in [-0.05, 0) is 65.4 Å². The minimum absolute atomic E-state index is 0.0000431. The number of hydrogen-bond donors (Lipinski definition) is 2. The standard InChI is InChI=1S/C43H42N2O8/c1-30(25-39(46)44-36-24-23-33-17-8-9-18-34(33)26-36)53-43(50)38(21-12-22-40(47)51-28-31-13-4-2-5-14-31)45-42(49)37-20-11-10-19-35(37)27-41(48)52-29-32-15-6-3-7-16-32/h2-11,13-20,23-24,26,30,38H,12,21-22,25,27-29H2,1H3,(H,44,46)(H,45,49)/t30-,38-/m0/s1. The van der Waals surface area contributed by atoms with Gasteiger partial charge in [0.1, 0.15) is 25.4 Å². The summed E-state index contributed by atoms with van der Waals surface area (Å²) in [5, 5.41) is 7.58. The molecule has 2 atom stereocenters. The first-order chi connectivity index (χ1) is 25.7. The van der Waals surface area contributed by atoms with Gasteiger partial charge < -0.3 is 24.8 Å². The van der Waals surface area contributed by atoms with Crippen LogP contribution in [-0.4, -0.2) is 41.9 Å². The second kappa shape index (κ2) is 19.4. The molecule has 0 fully saturated rings. The van der Waals surface area contributed by atoms with Crippen LogP contribution in [0.25, 0.3) is 10.8 Å². The molecule has 5 aromatic carbocycles. The maximum atomic E-state index is 13.6. The lowest BCUT2D eigenvalue weighted by Crippen LogP contribution is -2.43. The summed E-state index contributed by atoms with van der Waals surface area (Å²) in [4.78, 5) is 65.3. The van der Waals surface area contributed by atoms with E-state index in [9.17, 15) is 24.0 Å². The highest BCUT2D eigenvalue weighted by atomic mass is 16.5. The molecular weight excluding hydrogens is 672 g/mol. The zero-order chi connectivity index (χ0) is 37.4. The van der Waals surface area contributed by atoms with Crippen molar-refractivity contribution in [2.75, 3.05) is 5.32 Å². The highest BCUT2D eigenvalue weighted by molar-refractivity contribution is 5.99. The largest absolute Gasteiger partial charge is 0.461 e. The molecule has 53 heavy (non-hydrogen) atoms. The molecule has 0 radical (unpaired) electrons. The van der Waals surface area contributed by atoms with Crippen molar-refractivity contribution in [3.63, 3.8) is 0 Å². The number of nitrogens with one attached hydrogen (secondary N) is 2. The Balaban J connectivity index is 1.20.